The SMILES string of the molecule is CC/C(=C(/c1ccc(OCCN2CC(CC#N)C2)cc1)c1cc2ccccc2[nH]1)P1C(C)(C)C1(C)C. The zero-order chi connectivity index (χ0) is 25.5. The van der Waals surface area contributed by atoms with Crippen molar-refractivity contribution in [3.8, 4) is 11.8 Å². The molecule has 5 heteroatoms. The third-order valence-corrected chi connectivity index (χ3v) is 12.7. The second-order valence-corrected chi connectivity index (χ2v) is 14.7. The monoisotopic (exact) mass is 499 g/mol. The van der Waals surface area contributed by atoms with Gasteiger partial charge in [0.15, 0.2) is 0 Å². The first kappa shape index (κ1) is 25.1. The smallest absolute Gasteiger partial charge is 0.119 e. The molecule has 0 unspecified atom stereocenters. The van der Waals surface area contributed by atoms with Gasteiger partial charge in [0, 0.05) is 48.2 Å². The molecule has 0 amide bonds. The summed E-state index contributed by atoms with van der Waals surface area (Å²) < 4.78 is 6.08. The lowest BCUT2D eigenvalue weighted by molar-refractivity contribution is 0.0854. The van der Waals surface area contributed by atoms with E-state index in [2.05, 4.69) is 105 Å². The summed E-state index contributed by atoms with van der Waals surface area (Å²) in [6, 6.07) is 21.9. The number of para-hydroxylation sites is 1. The van der Waals surface area contributed by atoms with Crippen molar-refractivity contribution in [2.24, 2.45) is 5.92 Å². The molecule has 5 rings (SSSR count). The minimum absolute atomic E-state index is 0.240. The number of hydrogen-bond acceptors (Lipinski definition) is 3. The number of fused-ring (bicyclic) bond motifs is 1. The van der Waals surface area contributed by atoms with Crippen LogP contribution < -0.4 is 4.74 Å². The van der Waals surface area contributed by atoms with Crippen LogP contribution in [0.2, 0.25) is 0 Å². The van der Waals surface area contributed by atoms with Gasteiger partial charge in [0.25, 0.3) is 0 Å². The van der Waals surface area contributed by atoms with Gasteiger partial charge in [-0.3, -0.25) is 4.90 Å². The maximum Gasteiger partial charge on any atom is 0.119 e. The molecule has 0 atom stereocenters. The highest BCUT2D eigenvalue weighted by atomic mass is 31.1. The number of rotatable bonds is 9. The number of likely N-dealkylation sites (tertiary alicyclic amines) is 1. The lowest BCUT2D eigenvalue weighted by atomic mass is 9.97. The molecule has 0 aliphatic carbocycles. The molecule has 3 aromatic rings. The second kappa shape index (κ2) is 9.70. The van der Waals surface area contributed by atoms with Crippen LogP contribution in [-0.4, -0.2) is 46.4 Å². The van der Waals surface area contributed by atoms with Gasteiger partial charge in [0.2, 0.25) is 0 Å². The summed E-state index contributed by atoms with van der Waals surface area (Å²) in [5.41, 5.74) is 5.03. The van der Waals surface area contributed by atoms with Gasteiger partial charge in [0.05, 0.1) is 6.07 Å². The quantitative estimate of drug-likeness (QED) is 0.308. The molecule has 188 valence electrons. The van der Waals surface area contributed by atoms with E-state index >= 15 is 0 Å². The highest BCUT2D eigenvalue weighted by Gasteiger charge is 2.65. The van der Waals surface area contributed by atoms with Crippen LogP contribution in [-0.2, 0) is 0 Å². The topological polar surface area (TPSA) is 52.0 Å². The molecule has 36 heavy (non-hydrogen) atoms. The number of allylic oxidation sites excluding steroid dienone is 1. The molecular weight excluding hydrogens is 461 g/mol. The fourth-order valence-corrected chi connectivity index (χ4v) is 9.98. The summed E-state index contributed by atoms with van der Waals surface area (Å²) in [5, 5.41) is 12.4. The predicted molar refractivity (Wildman–Crippen MR) is 152 cm³/mol. The van der Waals surface area contributed by atoms with E-state index in [-0.39, 0.29) is 7.92 Å². The lowest BCUT2D eigenvalue weighted by Gasteiger charge is -2.37. The molecule has 1 aromatic heterocycles. The summed E-state index contributed by atoms with van der Waals surface area (Å²) in [7, 11) is -0.240. The molecule has 0 spiro atoms. The van der Waals surface area contributed by atoms with Crippen molar-refractivity contribution >= 4 is 24.4 Å². The fraction of sp³-hybridized carbons (Fsp3) is 0.452. The average molecular weight is 500 g/mol. The Bertz CT molecular complexity index is 1260. The summed E-state index contributed by atoms with van der Waals surface area (Å²) >= 11 is 0. The van der Waals surface area contributed by atoms with Crippen molar-refractivity contribution in [2.75, 3.05) is 26.2 Å². The molecule has 3 heterocycles. The Hall–Kier alpha value is -2.60. The molecule has 2 saturated heterocycles. The number of hydrogen-bond donors (Lipinski definition) is 1. The van der Waals surface area contributed by atoms with Gasteiger partial charge >= 0.3 is 0 Å². The Labute approximate surface area is 217 Å². The van der Waals surface area contributed by atoms with Crippen molar-refractivity contribution in [1.82, 2.24) is 9.88 Å². The van der Waals surface area contributed by atoms with E-state index in [9.17, 15) is 0 Å². The van der Waals surface area contributed by atoms with Crippen LogP contribution in [0, 0.1) is 17.2 Å². The number of nitrogens with zero attached hydrogens (tertiary/aromatic N) is 2. The average Bonchev–Trinajstić information content (AvgIpc) is 3.12. The van der Waals surface area contributed by atoms with Crippen LogP contribution in [0.15, 0.2) is 59.9 Å². The Kier molecular flexibility index (Phi) is 6.75. The number of H-pyrrole nitrogens is 1. The van der Waals surface area contributed by atoms with Crippen molar-refractivity contribution in [2.45, 2.75) is 57.8 Å². The van der Waals surface area contributed by atoms with Gasteiger partial charge in [-0.1, -0.05) is 72.9 Å². The number of nitriles is 1. The maximum atomic E-state index is 8.82. The molecule has 0 radical (unpaired) electrons. The van der Waals surface area contributed by atoms with Gasteiger partial charge in [-0.2, -0.15) is 5.26 Å². The summed E-state index contributed by atoms with van der Waals surface area (Å²) in [4.78, 5) is 6.09. The third kappa shape index (κ3) is 4.49. The first-order chi connectivity index (χ1) is 17.3. The van der Waals surface area contributed by atoms with Crippen LogP contribution >= 0.6 is 7.92 Å². The Morgan fingerprint density at radius 1 is 1.08 bits per heavy atom. The number of ether oxygens (including phenoxy) is 1. The molecular formula is C31H38N3OP. The predicted octanol–water partition coefficient (Wildman–Crippen LogP) is 7.61. The molecule has 1 N–H and O–H groups in total. The van der Waals surface area contributed by atoms with E-state index in [0.717, 1.165) is 31.8 Å². The van der Waals surface area contributed by atoms with E-state index in [1.54, 1.807) is 5.31 Å². The molecule has 2 fully saturated rings. The van der Waals surface area contributed by atoms with Gasteiger partial charge in [-0.25, -0.2) is 0 Å². The van der Waals surface area contributed by atoms with Crippen LogP contribution in [0.5, 0.6) is 5.75 Å². The van der Waals surface area contributed by atoms with Crippen molar-refractivity contribution in [3.05, 3.63) is 71.2 Å². The van der Waals surface area contributed by atoms with Crippen LogP contribution in [0.1, 0.15) is 58.7 Å². The second-order valence-electron chi connectivity index (χ2n) is 11.3. The standard InChI is InChI=1S/C31H38N3OP/c1-6-28(36-30(2,3)31(36,4)5)29(27-19-24-9-7-8-10-26(24)33-27)23-11-13-25(14-12-23)35-18-17-34-20-22(21-34)15-16-32/h7-14,19,22,33H,6,15,17-18,20-21H2,1-5H3/b29-28+. The fourth-order valence-electron chi connectivity index (χ4n) is 5.85. The highest BCUT2D eigenvalue weighted by molar-refractivity contribution is 7.73. The van der Waals surface area contributed by atoms with E-state index in [0.29, 0.717) is 29.3 Å². The number of aromatic amines is 1. The Morgan fingerprint density at radius 3 is 2.39 bits per heavy atom. The molecule has 4 nitrogen and oxygen atoms in total. The molecule has 2 aliphatic heterocycles. The summed E-state index contributed by atoms with van der Waals surface area (Å²) in [5.74, 6) is 1.46. The van der Waals surface area contributed by atoms with Gasteiger partial charge < -0.3 is 9.72 Å². The Balaban J connectivity index is 1.40. The maximum absolute atomic E-state index is 8.82. The van der Waals surface area contributed by atoms with E-state index in [1.165, 1.54) is 27.7 Å². The largest absolute Gasteiger partial charge is 0.492 e. The van der Waals surface area contributed by atoms with Crippen LogP contribution in [0.4, 0.5) is 0 Å². The minimum atomic E-state index is -0.240. The highest BCUT2D eigenvalue weighted by Crippen LogP contribution is 2.87. The van der Waals surface area contributed by atoms with Gasteiger partial charge in [-0.15, -0.1) is 0 Å². The van der Waals surface area contributed by atoms with E-state index in [4.69, 9.17) is 10.00 Å². The van der Waals surface area contributed by atoms with Crippen LogP contribution in [0.25, 0.3) is 16.5 Å². The molecule has 0 bridgehead atoms. The van der Waals surface area contributed by atoms with Crippen molar-refractivity contribution in [3.63, 3.8) is 0 Å². The minimum Gasteiger partial charge on any atom is -0.492 e. The number of nitrogens with one attached hydrogen (secondary N) is 1. The zero-order valence-corrected chi connectivity index (χ0v) is 23.2. The van der Waals surface area contributed by atoms with Crippen LogP contribution in [0.3, 0.4) is 0 Å². The van der Waals surface area contributed by atoms with E-state index in [1.807, 2.05) is 0 Å². The first-order valence-corrected chi connectivity index (χ1v) is 14.5. The normalized spacial score (nSPS) is 20.0. The summed E-state index contributed by atoms with van der Waals surface area (Å²) in [6.45, 7) is 15.7. The molecule has 0 saturated carbocycles. The van der Waals surface area contributed by atoms with Crippen molar-refractivity contribution < 1.29 is 4.74 Å². The first-order valence-electron chi connectivity index (χ1n) is 13.2. The Morgan fingerprint density at radius 2 is 1.78 bits per heavy atom. The molecule has 2 aliphatic rings. The van der Waals surface area contributed by atoms with Crippen molar-refractivity contribution in [1.29, 1.82) is 5.26 Å². The number of aromatic nitrogens is 1. The van der Waals surface area contributed by atoms with E-state index < -0.39 is 0 Å². The molecule has 2 aromatic carbocycles. The lowest BCUT2D eigenvalue weighted by Crippen LogP contribution is -2.47. The number of benzene rings is 2. The third-order valence-electron chi connectivity index (χ3n) is 8.49. The summed E-state index contributed by atoms with van der Waals surface area (Å²) in [6.07, 6.45) is 1.73. The zero-order valence-electron chi connectivity index (χ0n) is 22.3. The van der Waals surface area contributed by atoms with Gasteiger partial charge in [-0.05, 0) is 57.8 Å². The van der Waals surface area contributed by atoms with Gasteiger partial charge in [0.1, 0.15) is 12.4 Å².